The van der Waals surface area contributed by atoms with Crippen molar-refractivity contribution in [2.24, 2.45) is 0 Å². The van der Waals surface area contributed by atoms with Gasteiger partial charge < -0.3 is 22.0 Å². The molecular formula is C23H18BF4NO2. The molecule has 0 aliphatic carbocycles. The number of hydrogen-bond donors (Lipinski definition) is 0. The van der Waals surface area contributed by atoms with E-state index in [4.69, 9.17) is 14.1 Å². The number of halogens is 4. The van der Waals surface area contributed by atoms with Crippen molar-refractivity contribution in [2.45, 2.75) is 0 Å². The molecule has 0 radical (unpaired) electrons. The lowest BCUT2D eigenvalue weighted by Crippen LogP contribution is -2.02. The third-order valence-electron chi connectivity index (χ3n) is 4.16. The number of benzene rings is 3. The van der Waals surface area contributed by atoms with Crippen molar-refractivity contribution in [3.05, 3.63) is 91.0 Å². The smallest absolute Gasteiger partial charge is 0.497 e. The van der Waals surface area contributed by atoms with E-state index in [9.17, 15) is 17.3 Å². The molecule has 3 nitrogen and oxygen atoms in total. The van der Waals surface area contributed by atoms with Gasteiger partial charge in [-0.15, -0.1) is 0 Å². The van der Waals surface area contributed by atoms with Gasteiger partial charge in [-0.3, -0.25) is 0 Å². The summed E-state index contributed by atoms with van der Waals surface area (Å²) in [6.07, 6.45) is 0. The lowest BCUT2D eigenvalue weighted by atomic mass is 10.1. The van der Waals surface area contributed by atoms with Crippen molar-refractivity contribution in [2.75, 3.05) is 7.11 Å². The maximum Gasteiger partial charge on any atom is 0.673 e. The van der Waals surface area contributed by atoms with Crippen LogP contribution in [0.2, 0.25) is 0 Å². The van der Waals surface area contributed by atoms with E-state index in [0.29, 0.717) is 5.89 Å². The van der Waals surface area contributed by atoms with Crippen molar-refractivity contribution >= 4 is 7.25 Å². The van der Waals surface area contributed by atoms with E-state index in [2.05, 4.69) is 12.1 Å². The Balaban J connectivity index is 0.000000491. The second-order valence-electron chi connectivity index (χ2n) is 6.37. The summed E-state index contributed by atoms with van der Waals surface area (Å²) in [5.41, 5.74) is 3.85. The van der Waals surface area contributed by atoms with Crippen LogP contribution in [0.25, 0.3) is 34.0 Å². The summed E-state index contributed by atoms with van der Waals surface area (Å²) in [6, 6.07) is 29.9. The molecule has 0 aliphatic rings. The van der Waals surface area contributed by atoms with Gasteiger partial charge in [-0.05, 0) is 36.4 Å². The molecule has 1 heterocycles. The molecular weight excluding hydrogens is 409 g/mol. The fourth-order valence-corrected chi connectivity index (χ4v) is 2.78. The summed E-state index contributed by atoms with van der Waals surface area (Å²) >= 11 is 0. The quantitative estimate of drug-likeness (QED) is 0.195. The molecule has 0 unspecified atom stereocenters. The van der Waals surface area contributed by atoms with Gasteiger partial charge in [0.2, 0.25) is 0 Å². The predicted molar refractivity (Wildman–Crippen MR) is 114 cm³/mol. The van der Waals surface area contributed by atoms with Crippen molar-refractivity contribution in [3.8, 4) is 39.8 Å². The van der Waals surface area contributed by atoms with Gasteiger partial charge in [-0.1, -0.05) is 48.5 Å². The molecule has 1 aromatic heterocycles. The van der Waals surface area contributed by atoms with E-state index < -0.39 is 7.25 Å². The highest BCUT2D eigenvalue weighted by Gasteiger charge is 2.22. The monoisotopic (exact) mass is 427 g/mol. The van der Waals surface area contributed by atoms with E-state index >= 15 is 0 Å². The molecule has 0 spiro atoms. The number of ether oxygens (including phenoxy) is 1. The van der Waals surface area contributed by atoms with Gasteiger partial charge in [0.15, 0.2) is 0 Å². The fraction of sp³-hybridized carbons (Fsp3) is 0.0435. The van der Waals surface area contributed by atoms with Crippen LogP contribution in [0.4, 0.5) is 17.3 Å². The lowest BCUT2D eigenvalue weighted by molar-refractivity contribution is 0.368. The number of rotatable bonds is 4. The second-order valence-corrected chi connectivity index (χ2v) is 6.37. The Morgan fingerprint density at radius 1 is 0.710 bits per heavy atom. The molecule has 0 bridgehead atoms. The Hall–Kier alpha value is -3.68. The van der Waals surface area contributed by atoms with Crippen LogP contribution >= 0.6 is 0 Å². The van der Waals surface area contributed by atoms with E-state index in [-0.39, 0.29) is 0 Å². The molecule has 4 rings (SSSR count). The van der Waals surface area contributed by atoms with E-state index in [1.807, 2.05) is 78.9 Å². The third-order valence-corrected chi connectivity index (χ3v) is 4.16. The van der Waals surface area contributed by atoms with Crippen molar-refractivity contribution < 1.29 is 26.4 Å². The zero-order valence-electron chi connectivity index (χ0n) is 16.5. The first kappa shape index (κ1) is 22.0. The minimum absolute atomic E-state index is 0.577. The maximum absolute atomic E-state index is 9.75. The molecule has 158 valence electrons. The van der Waals surface area contributed by atoms with Crippen LogP contribution in [0, 0.1) is 0 Å². The molecule has 4 aromatic rings. The first-order valence-corrected chi connectivity index (χ1v) is 9.31. The Kier molecular flexibility index (Phi) is 7.02. The van der Waals surface area contributed by atoms with Crippen LogP contribution in [-0.2, 0) is 0 Å². The molecule has 3 aromatic carbocycles. The van der Waals surface area contributed by atoms with Crippen LogP contribution in [0.3, 0.4) is 0 Å². The highest BCUT2D eigenvalue weighted by atomic mass is 19.5. The normalized spacial score (nSPS) is 10.7. The van der Waals surface area contributed by atoms with E-state index in [0.717, 1.165) is 33.9 Å². The van der Waals surface area contributed by atoms with Crippen LogP contribution in [0.5, 0.6) is 5.75 Å². The van der Waals surface area contributed by atoms with Gasteiger partial charge in [-0.2, -0.15) is 9.40 Å². The number of nitrogens with zero attached hydrogens (tertiary/aromatic N) is 1. The second kappa shape index (κ2) is 9.89. The molecule has 31 heavy (non-hydrogen) atoms. The molecule has 0 aliphatic heterocycles. The molecule has 0 N–H and O–H groups in total. The van der Waals surface area contributed by atoms with Crippen LogP contribution < -0.4 is 4.74 Å². The Labute approximate surface area is 177 Å². The zero-order valence-corrected chi connectivity index (χ0v) is 16.5. The minimum Gasteiger partial charge on any atom is -0.497 e. The summed E-state index contributed by atoms with van der Waals surface area (Å²) in [7, 11) is -4.35. The van der Waals surface area contributed by atoms with E-state index in [1.54, 1.807) is 7.11 Å². The summed E-state index contributed by atoms with van der Waals surface area (Å²) in [6.45, 7) is 0. The summed E-state index contributed by atoms with van der Waals surface area (Å²) in [4.78, 5) is 4.75. The largest absolute Gasteiger partial charge is 0.673 e. The average Bonchev–Trinajstić information content (AvgIpc) is 2.79. The van der Waals surface area contributed by atoms with Crippen molar-refractivity contribution in [1.82, 2.24) is 4.98 Å². The average molecular weight is 427 g/mol. The van der Waals surface area contributed by atoms with Crippen LogP contribution in [-0.4, -0.2) is 19.3 Å². The standard InChI is InChI=1S/C23H18NO2.BF4/c1-25-20-14-12-19(13-15-20)23-24-21(17-8-4-2-5-9-17)16-22(26-23)18-10-6-3-7-11-18;2-1(3,4)5/h2-16H,1H3;/q+1;-1. The summed E-state index contributed by atoms with van der Waals surface area (Å²) in [5.74, 6) is 2.16. The van der Waals surface area contributed by atoms with Crippen LogP contribution in [0.1, 0.15) is 0 Å². The summed E-state index contributed by atoms with van der Waals surface area (Å²) < 4.78 is 50.4. The van der Waals surface area contributed by atoms with E-state index in [1.165, 1.54) is 0 Å². The highest BCUT2D eigenvalue weighted by molar-refractivity contribution is 6.50. The number of hydrogen-bond acceptors (Lipinski definition) is 2. The zero-order chi connectivity index (χ0) is 22.3. The van der Waals surface area contributed by atoms with Gasteiger partial charge in [0, 0.05) is 5.56 Å². The minimum atomic E-state index is -6.00. The lowest BCUT2D eigenvalue weighted by Gasteiger charge is -2.02. The Morgan fingerprint density at radius 3 is 1.74 bits per heavy atom. The number of aromatic nitrogens is 1. The van der Waals surface area contributed by atoms with Crippen molar-refractivity contribution in [1.29, 1.82) is 0 Å². The molecule has 0 saturated carbocycles. The molecule has 0 fully saturated rings. The maximum atomic E-state index is 9.75. The molecule has 0 atom stereocenters. The van der Waals surface area contributed by atoms with Gasteiger partial charge in [-0.25, -0.2) is 0 Å². The number of methoxy groups -OCH3 is 1. The van der Waals surface area contributed by atoms with Gasteiger partial charge >= 0.3 is 18.9 Å². The fourth-order valence-electron chi connectivity index (χ4n) is 2.78. The van der Waals surface area contributed by atoms with Gasteiger partial charge in [0.05, 0.1) is 24.4 Å². The third kappa shape index (κ3) is 6.67. The Bertz CT molecular complexity index is 1040. The van der Waals surface area contributed by atoms with Gasteiger partial charge in [0.1, 0.15) is 11.3 Å². The predicted octanol–water partition coefficient (Wildman–Crippen LogP) is 7.27. The summed E-state index contributed by atoms with van der Waals surface area (Å²) in [5, 5.41) is 0. The molecule has 8 heteroatoms. The first-order chi connectivity index (χ1) is 14.8. The van der Waals surface area contributed by atoms with Crippen molar-refractivity contribution in [3.63, 3.8) is 0 Å². The highest BCUT2D eigenvalue weighted by Crippen LogP contribution is 2.30. The molecule has 0 saturated heterocycles. The topological polar surface area (TPSA) is 33.4 Å². The SMILES string of the molecule is COc1ccc(-c2nc(-c3ccccc3)cc(-c3ccccc3)[o+]2)cc1.F[B-](F)(F)F. The van der Waals surface area contributed by atoms with Crippen LogP contribution in [0.15, 0.2) is 95.4 Å². The molecule has 0 amide bonds. The Morgan fingerprint density at radius 2 is 1.23 bits per heavy atom. The first-order valence-electron chi connectivity index (χ1n) is 9.31. The van der Waals surface area contributed by atoms with Gasteiger partial charge in [0.25, 0.3) is 0 Å².